The first-order chi connectivity index (χ1) is 7.88. The van der Waals surface area contributed by atoms with Crippen LogP contribution >= 0.6 is 11.3 Å². The summed E-state index contributed by atoms with van der Waals surface area (Å²) in [5.74, 6) is 0.469. The van der Waals surface area contributed by atoms with Gasteiger partial charge in [-0.1, -0.05) is 0 Å². The van der Waals surface area contributed by atoms with Crippen LogP contribution in [0.15, 0.2) is 24.5 Å². The molecule has 0 saturated heterocycles. The van der Waals surface area contributed by atoms with Crippen molar-refractivity contribution in [3.05, 3.63) is 35.1 Å². The zero-order valence-corrected chi connectivity index (χ0v) is 9.70. The largest absolute Gasteiger partial charge is 0.330 e. The highest BCUT2D eigenvalue weighted by Gasteiger charge is 2.26. The summed E-state index contributed by atoms with van der Waals surface area (Å²) >= 11 is 1.79. The Bertz CT molecular complexity index is 492. The number of rotatable bonds is 2. The van der Waals surface area contributed by atoms with Gasteiger partial charge in [0.1, 0.15) is 5.01 Å². The summed E-state index contributed by atoms with van der Waals surface area (Å²) < 4.78 is 0. The van der Waals surface area contributed by atoms with E-state index in [9.17, 15) is 0 Å². The van der Waals surface area contributed by atoms with Crippen molar-refractivity contribution >= 4 is 11.3 Å². The van der Waals surface area contributed by atoms with Gasteiger partial charge in [0.25, 0.3) is 0 Å². The topological polar surface area (TPSA) is 51.8 Å². The van der Waals surface area contributed by atoms with Crippen LogP contribution in [-0.2, 0) is 6.42 Å². The molecule has 2 aromatic rings. The van der Waals surface area contributed by atoms with Crippen LogP contribution < -0.4 is 5.73 Å². The van der Waals surface area contributed by atoms with E-state index in [0.29, 0.717) is 12.5 Å². The van der Waals surface area contributed by atoms with Gasteiger partial charge in [-0.05, 0) is 25.0 Å². The lowest BCUT2D eigenvalue weighted by atomic mass is 10.1. The fraction of sp³-hybridized carbons (Fsp3) is 0.333. The highest BCUT2D eigenvalue weighted by atomic mass is 32.1. The predicted molar refractivity (Wildman–Crippen MR) is 65.5 cm³/mol. The Morgan fingerprint density at radius 2 is 2.44 bits per heavy atom. The van der Waals surface area contributed by atoms with Gasteiger partial charge in [-0.3, -0.25) is 4.98 Å². The molecule has 1 aliphatic carbocycles. The smallest absolute Gasteiger partial charge is 0.125 e. The number of nitrogens with two attached hydrogens (primary N) is 1. The molecule has 0 aliphatic heterocycles. The number of aryl methyl sites for hydroxylation is 1. The van der Waals surface area contributed by atoms with E-state index in [4.69, 9.17) is 10.7 Å². The second-order valence-electron chi connectivity index (χ2n) is 4.04. The molecule has 0 amide bonds. The van der Waals surface area contributed by atoms with Gasteiger partial charge < -0.3 is 5.73 Å². The van der Waals surface area contributed by atoms with Crippen LogP contribution in [0.4, 0.5) is 0 Å². The van der Waals surface area contributed by atoms with Crippen LogP contribution in [0.3, 0.4) is 0 Å². The molecule has 0 spiro atoms. The molecule has 0 bridgehead atoms. The summed E-state index contributed by atoms with van der Waals surface area (Å²) in [6.07, 6.45) is 5.95. The molecule has 3 rings (SSSR count). The Hall–Kier alpha value is -1.26. The van der Waals surface area contributed by atoms with E-state index in [2.05, 4.69) is 11.1 Å². The predicted octanol–water partition coefficient (Wildman–Crippen LogP) is 2.19. The molecule has 2 N–H and O–H groups in total. The van der Waals surface area contributed by atoms with Gasteiger partial charge in [0.2, 0.25) is 0 Å². The van der Waals surface area contributed by atoms with E-state index in [1.165, 1.54) is 10.6 Å². The van der Waals surface area contributed by atoms with E-state index >= 15 is 0 Å². The van der Waals surface area contributed by atoms with Crippen LogP contribution in [0.25, 0.3) is 10.6 Å². The maximum Gasteiger partial charge on any atom is 0.125 e. The van der Waals surface area contributed by atoms with Crippen molar-refractivity contribution < 1.29 is 0 Å². The van der Waals surface area contributed by atoms with Gasteiger partial charge in [-0.2, -0.15) is 0 Å². The van der Waals surface area contributed by atoms with Crippen LogP contribution in [0, 0.1) is 0 Å². The quantitative estimate of drug-likeness (QED) is 0.862. The Morgan fingerprint density at radius 1 is 1.50 bits per heavy atom. The molecule has 3 nitrogen and oxygen atoms in total. The third-order valence-corrected chi connectivity index (χ3v) is 4.21. The van der Waals surface area contributed by atoms with Gasteiger partial charge >= 0.3 is 0 Å². The molecular weight excluding hydrogens is 218 g/mol. The van der Waals surface area contributed by atoms with Gasteiger partial charge in [0, 0.05) is 35.3 Å². The van der Waals surface area contributed by atoms with Crippen molar-refractivity contribution in [1.82, 2.24) is 9.97 Å². The van der Waals surface area contributed by atoms with Gasteiger partial charge in [-0.25, -0.2) is 4.98 Å². The molecule has 0 aromatic carbocycles. The van der Waals surface area contributed by atoms with E-state index in [-0.39, 0.29) is 0 Å². The third kappa shape index (κ3) is 1.54. The second-order valence-corrected chi connectivity index (χ2v) is 5.12. The van der Waals surface area contributed by atoms with Crippen molar-refractivity contribution in [3.63, 3.8) is 0 Å². The lowest BCUT2D eigenvalue weighted by Gasteiger charge is -2.03. The number of thiazole rings is 1. The van der Waals surface area contributed by atoms with E-state index in [1.54, 1.807) is 17.5 Å². The minimum Gasteiger partial charge on any atom is -0.330 e. The van der Waals surface area contributed by atoms with E-state index in [1.807, 2.05) is 12.3 Å². The lowest BCUT2D eigenvalue weighted by molar-refractivity contribution is 0.675. The fourth-order valence-corrected chi connectivity index (χ4v) is 3.30. The van der Waals surface area contributed by atoms with Crippen LogP contribution in [-0.4, -0.2) is 16.5 Å². The minimum atomic E-state index is 0.469. The molecule has 4 heteroatoms. The van der Waals surface area contributed by atoms with Gasteiger partial charge in [0.15, 0.2) is 0 Å². The number of aromatic nitrogens is 2. The lowest BCUT2D eigenvalue weighted by Crippen LogP contribution is -2.09. The Balaban J connectivity index is 2.00. The number of fused-ring (bicyclic) bond motifs is 1. The maximum absolute atomic E-state index is 5.75. The summed E-state index contributed by atoms with van der Waals surface area (Å²) in [6, 6.07) is 4.00. The third-order valence-electron chi connectivity index (χ3n) is 3.03. The van der Waals surface area contributed by atoms with E-state index < -0.39 is 0 Å². The molecule has 2 aromatic heterocycles. The molecule has 0 fully saturated rings. The summed E-state index contributed by atoms with van der Waals surface area (Å²) in [5.41, 5.74) is 8.09. The molecule has 1 unspecified atom stereocenters. The number of nitrogens with zero attached hydrogens (tertiary/aromatic N) is 2. The molecule has 0 radical (unpaired) electrons. The summed E-state index contributed by atoms with van der Waals surface area (Å²) in [4.78, 5) is 10.2. The number of hydrogen-bond acceptors (Lipinski definition) is 4. The fourth-order valence-electron chi connectivity index (χ4n) is 2.15. The van der Waals surface area contributed by atoms with Crippen molar-refractivity contribution in [2.24, 2.45) is 5.73 Å². The second kappa shape index (κ2) is 3.96. The first-order valence-electron chi connectivity index (χ1n) is 5.48. The first kappa shape index (κ1) is 9.93. The van der Waals surface area contributed by atoms with Crippen LogP contribution in [0.2, 0.25) is 0 Å². The van der Waals surface area contributed by atoms with Crippen LogP contribution in [0.1, 0.15) is 22.9 Å². The zero-order chi connectivity index (χ0) is 11.0. The Morgan fingerprint density at radius 3 is 3.19 bits per heavy atom. The Kier molecular flexibility index (Phi) is 2.46. The standard InChI is InChI=1S/C12H13N3S/c13-6-8-3-4-10-11(8)15-12(16-10)9-2-1-5-14-7-9/h1-2,5,7-8H,3-4,6,13H2. The van der Waals surface area contributed by atoms with Crippen molar-refractivity contribution in [1.29, 1.82) is 0 Å². The summed E-state index contributed by atoms with van der Waals surface area (Å²) in [5, 5.41) is 1.08. The average Bonchev–Trinajstić information content (AvgIpc) is 2.89. The molecule has 2 heterocycles. The van der Waals surface area contributed by atoms with Crippen LogP contribution in [0.5, 0.6) is 0 Å². The van der Waals surface area contributed by atoms with Crippen molar-refractivity contribution in [3.8, 4) is 10.6 Å². The normalized spacial score (nSPS) is 18.7. The molecule has 1 aliphatic rings. The first-order valence-corrected chi connectivity index (χ1v) is 6.30. The summed E-state index contributed by atoms with van der Waals surface area (Å²) in [6.45, 7) is 0.712. The zero-order valence-electron chi connectivity index (χ0n) is 8.89. The number of pyridine rings is 1. The number of hydrogen-bond donors (Lipinski definition) is 1. The maximum atomic E-state index is 5.75. The highest BCUT2D eigenvalue weighted by Crippen LogP contribution is 2.38. The van der Waals surface area contributed by atoms with Gasteiger partial charge in [-0.15, -0.1) is 11.3 Å². The molecule has 82 valence electrons. The van der Waals surface area contributed by atoms with E-state index in [0.717, 1.165) is 23.4 Å². The monoisotopic (exact) mass is 231 g/mol. The summed E-state index contributed by atoms with van der Waals surface area (Å²) in [7, 11) is 0. The molecule has 16 heavy (non-hydrogen) atoms. The van der Waals surface area contributed by atoms with Gasteiger partial charge in [0.05, 0.1) is 5.69 Å². The SMILES string of the molecule is NCC1CCc2sc(-c3cccnc3)nc21. The molecular formula is C12H13N3S. The van der Waals surface area contributed by atoms with Crippen molar-refractivity contribution in [2.45, 2.75) is 18.8 Å². The Labute approximate surface area is 98.4 Å². The average molecular weight is 231 g/mol. The minimum absolute atomic E-state index is 0.469. The molecule has 1 atom stereocenters. The van der Waals surface area contributed by atoms with Crippen molar-refractivity contribution in [2.75, 3.05) is 6.54 Å². The molecule has 0 saturated carbocycles. The highest BCUT2D eigenvalue weighted by molar-refractivity contribution is 7.15.